The molecule has 2 unspecified atom stereocenters. The predicted molar refractivity (Wildman–Crippen MR) is 68.0 cm³/mol. The van der Waals surface area contributed by atoms with E-state index in [0.717, 1.165) is 32.1 Å². The summed E-state index contributed by atoms with van der Waals surface area (Å²) < 4.78 is 0. The van der Waals surface area contributed by atoms with E-state index in [1.54, 1.807) is 0 Å². The van der Waals surface area contributed by atoms with Gasteiger partial charge in [-0.1, -0.05) is 39.0 Å². The Morgan fingerprint density at radius 3 is 2.24 bits per heavy atom. The third-order valence-electron chi connectivity index (χ3n) is 4.75. The molecule has 2 rings (SSSR count). The van der Waals surface area contributed by atoms with Crippen molar-refractivity contribution in [2.45, 2.75) is 76.3 Å². The van der Waals surface area contributed by atoms with Crippen molar-refractivity contribution in [2.75, 3.05) is 0 Å². The van der Waals surface area contributed by atoms with Gasteiger partial charge in [0.25, 0.3) is 0 Å². The van der Waals surface area contributed by atoms with Gasteiger partial charge in [-0.3, -0.25) is 10.1 Å². The molecule has 0 bridgehead atoms. The van der Waals surface area contributed by atoms with E-state index < -0.39 is 11.5 Å². The minimum absolute atomic E-state index is 0.267. The lowest BCUT2D eigenvalue weighted by Gasteiger charge is -2.34. The van der Waals surface area contributed by atoms with Crippen molar-refractivity contribution in [1.29, 1.82) is 0 Å². The lowest BCUT2D eigenvalue weighted by atomic mass is 9.86. The molecule has 2 aliphatic rings. The van der Waals surface area contributed by atoms with Crippen molar-refractivity contribution in [3.05, 3.63) is 0 Å². The molecule has 0 amide bonds. The fourth-order valence-corrected chi connectivity index (χ4v) is 3.56. The maximum absolute atomic E-state index is 11.6. The van der Waals surface area contributed by atoms with Crippen LogP contribution in [0.15, 0.2) is 0 Å². The summed E-state index contributed by atoms with van der Waals surface area (Å²) in [6, 6.07) is 0.425. The Hall–Kier alpha value is -0.570. The quantitative estimate of drug-likeness (QED) is 0.744. The molecule has 98 valence electrons. The molecule has 0 aromatic heterocycles. The number of aliphatic carboxylic acids is 1. The summed E-state index contributed by atoms with van der Waals surface area (Å²) in [5.74, 6) is -0.366. The number of carboxylic acid groups (broad SMARTS) is 1. The molecule has 0 spiro atoms. The number of nitrogens with one attached hydrogen (secondary N) is 1. The first-order chi connectivity index (χ1) is 8.15. The van der Waals surface area contributed by atoms with Crippen LogP contribution < -0.4 is 5.32 Å². The van der Waals surface area contributed by atoms with E-state index in [0.29, 0.717) is 6.04 Å². The smallest absolute Gasteiger partial charge is 0.324 e. The van der Waals surface area contributed by atoms with Crippen molar-refractivity contribution in [1.82, 2.24) is 5.32 Å². The van der Waals surface area contributed by atoms with Gasteiger partial charge < -0.3 is 5.11 Å². The third kappa shape index (κ3) is 2.65. The minimum Gasteiger partial charge on any atom is -0.480 e. The van der Waals surface area contributed by atoms with E-state index >= 15 is 0 Å². The molecule has 0 radical (unpaired) electrons. The van der Waals surface area contributed by atoms with Crippen LogP contribution in [0.5, 0.6) is 0 Å². The van der Waals surface area contributed by atoms with Crippen LogP contribution in [0.2, 0.25) is 0 Å². The van der Waals surface area contributed by atoms with Crippen LogP contribution in [0.4, 0.5) is 0 Å². The highest BCUT2D eigenvalue weighted by Crippen LogP contribution is 2.37. The number of carbonyl (C=O) groups is 1. The van der Waals surface area contributed by atoms with Crippen LogP contribution >= 0.6 is 0 Å². The van der Waals surface area contributed by atoms with Crippen molar-refractivity contribution in [3.63, 3.8) is 0 Å². The average Bonchev–Trinajstić information content (AvgIpc) is 2.52. The van der Waals surface area contributed by atoms with Crippen molar-refractivity contribution in [3.8, 4) is 0 Å². The van der Waals surface area contributed by atoms with Gasteiger partial charge in [0.05, 0.1) is 0 Å². The largest absolute Gasteiger partial charge is 0.480 e. The van der Waals surface area contributed by atoms with Gasteiger partial charge in [-0.15, -0.1) is 0 Å². The van der Waals surface area contributed by atoms with Gasteiger partial charge in [-0.25, -0.2) is 0 Å². The van der Waals surface area contributed by atoms with E-state index in [1.807, 2.05) is 0 Å². The van der Waals surface area contributed by atoms with Crippen LogP contribution in [-0.2, 0) is 4.79 Å². The van der Waals surface area contributed by atoms with Gasteiger partial charge in [0, 0.05) is 6.04 Å². The molecule has 2 N–H and O–H groups in total. The molecule has 2 aliphatic carbocycles. The lowest BCUT2D eigenvalue weighted by Crippen LogP contribution is -2.57. The normalized spacial score (nSPS) is 35.7. The van der Waals surface area contributed by atoms with Gasteiger partial charge in [-0.2, -0.15) is 0 Å². The maximum atomic E-state index is 11.6. The molecule has 2 saturated carbocycles. The molecule has 0 aliphatic heterocycles. The number of rotatable bonds is 3. The second kappa shape index (κ2) is 5.38. The van der Waals surface area contributed by atoms with Crippen molar-refractivity contribution >= 4 is 5.97 Å². The SMILES string of the molecule is CC1CCCC1(NC1CCCCCC1)C(=O)O. The van der Waals surface area contributed by atoms with Gasteiger partial charge >= 0.3 is 5.97 Å². The van der Waals surface area contributed by atoms with Crippen molar-refractivity contribution in [2.24, 2.45) is 5.92 Å². The first-order valence-electron chi connectivity index (χ1n) is 7.16. The Morgan fingerprint density at radius 2 is 1.76 bits per heavy atom. The van der Waals surface area contributed by atoms with Crippen LogP contribution in [0.3, 0.4) is 0 Å². The molecule has 0 aromatic rings. The van der Waals surface area contributed by atoms with Crippen molar-refractivity contribution < 1.29 is 9.90 Å². The molecular formula is C14H25NO2. The zero-order valence-electron chi connectivity index (χ0n) is 10.9. The summed E-state index contributed by atoms with van der Waals surface area (Å²) in [6.07, 6.45) is 10.3. The van der Waals surface area contributed by atoms with E-state index in [-0.39, 0.29) is 5.92 Å². The Balaban J connectivity index is 2.04. The molecule has 3 heteroatoms. The Labute approximate surface area is 104 Å². The molecule has 0 saturated heterocycles. The van der Waals surface area contributed by atoms with Gasteiger partial charge in [0.2, 0.25) is 0 Å². The Kier molecular flexibility index (Phi) is 4.08. The number of hydrogen-bond acceptors (Lipinski definition) is 2. The monoisotopic (exact) mass is 239 g/mol. The first kappa shape index (κ1) is 12.9. The average molecular weight is 239 g/mol. The van der Waals surface area contributed by atoms with Crippen LogP contribution in [0.1, 0.15) is 64.7 Å². The maximum Gasteiger partial charge on any atom is 0.324 e. The number of hydrogen-bond donors (Lipinski definition) is 2. The van der Waals surface area contributed by atoms with E-state index in [9.17, 15) is 9.90 Å². The van der Waals surface area contributed by atoms with E-state index in [2.05, 4.69) is 12.2 Å². The zero-order valence-corrected chi connectivity index (χ0v) is 10.9. The Bertz CT molecular complexity index is 271. The second-order valence-electron chi connectivity index (χ2n) is 5.90. The first-order valence-corrected chi connectivity index (χ1v) is 7.16. The molecule has 17 heavy (non-hydrogen) atoms. The summed E-state index contributed by atoms with van der Waals surface area (Å²) in [5.41, 5.74) is -0.630. The Morgan fingerprint density at radius 1 is 1.12 bits per heavy atom. The van der Waals surface area contributed by atoms with Gasteiger partial charge in [-0.05, 0) is 31.6 Å². The van der Waals surface area contributed by atoms with Crippen LogP contribution in [-0.4, -0.2) is 22.7 Å². The third-order valence-corrected chi connectivity index (χ3v) is 4.75. The molecular weight excluding hydrogens is 214 g/mol. The summed E-state index contributed by atoms with van der Waals surface area (Å²) in [5, 5.41) is 13.1. The number of carboxylic acids is 1. The highest BCUT2D eigenvalue weighted by Gasteiger charge is 2.47. The molecule has 2 atom stereocenters. The molecule has 0 aromatic carbocycles. The van der Waals surface area contributed by atoms with Gasteiger partial charge in [0.15, 0.2) is 0 Å². The fraction of sp³-hybridized carbons (Fsp3) is 0.929. The molecule has 2 fully saturated rings. The molecule has 3 nitrogen and oxygen atoms in total. The van der Waals surface area contributed by atoms with Crippen LogP contribution in [0, 0.1) is 5.92 Å². The highest BCUT2D eigenvalue weighted by atomic mass is 16.4. The minimum atomic E-state index is -0.633. The van der Waals surface area contributed by atoms with Crippen LogP contribution in [0.25, 0.3) is 0 Å². The lowest BCUT2D eigenvalue weighted by molar-refractivity contribution is -0.146. The topological polar surface area (TPSA) is 49.3 Å². The standard InChI is InChI=1S/C14H25NO2/c1-11-7-6-10-14(11,13(16)17)15-12-8-4-2-3-5-9-12/h11-12,15H,2-10H2,1H3,(H,16,17). The second-order valence-corrected chi connectivity index (χ2v) is 5.90. The summed E-state index contributed by atoms with van der Waals surface area (Å²) in [7, 11) is 0. The predicted octanol–water partition coefficient (Wildman–Crippen LogP) is 2.94. The van der Waals surface area contributed by atoms with E-state index in [1.165, 1.54) is 25.7 Å². The summed E-state index contributed by atoms with van der Waals surface area (Å²) in [4.78, 5) is 11.6. The molecule has 0 heterocycles. The highest BCUT2D eigenvalue weighted by molar-refractivity contribution is 5.79. The van der Waals surface area contributed by atoms with E-state index in [4.69, 9.17) is 0 Å². The van der Waals surface area contributed by atoms with Gasteiger partial charge in [0.1, 0.15) is 5.54 Å². The summed E-state index contributed by atoms with van der Waals surface area (Å²) in [6.45, 7) is 2.09. The fourth-order valence-electron chi connectivity index (χ4n) is 3.56. The summed E-state index contributed by atoms with van der Waals surface area (Å²) >= 11 is 0. The zero-order chi connectivity index (χ0) is 12.3.